The highest BCUT2D eigenvalue weighted by molar-refractivity contribution is 5.71. The van der Waals surface area contributed by atoms with Gasteiger partial charge >= 0.3 is 29.2 Å². The second kappa shape index (κ2) is 8.51. The lowest BCUT2D eigenvalue weighted by atomic mass is 10.1. The zero-order chi connectivity index (χ0) is 22.9. The minimum atomic E-state index is -1.22. The molecule has 0 spiro atoms. The molecule has 2 aromatic rings. The van der Waals surface area contributed by atoms with Crippen LogP contribution in [-0.4, -0.2) is 57.3 Å². The van der Waals surface area contributed by atoms with Gasteiger partial charge in [0.15, 0.2) is 24.6 Å². The van der Waals surface area contributed by atoms with Gasteiger partial charge in [0.1, 0.15) is 18.2 Å². The van der Waals surface area contributed by atoms with E-state index in [-0.39, 0.29) is 22.5 Å². The second-order valence-corrected chi connectivity index (χ2v) is 6.66. The second-order valence-electron chi connectivity index (χ2n) is 6.66. The molecule has 0 bridgehead atoms. The molecule has 2 aromatic heterocycles. The molecule has 14 nitrogen and oxygen atoms in total. The quantitative estimate of drug-likeness (QED) is 0.147. The van der Waals surface area contributed by atoms with Crippen LogP contribution in [0.4, 0.5) is 5.69 Å². The third kappa shape index (κ3) is 4.53. The predicted molar refractivity (Wildman–Crippen MR) is 97.0 cm³/mol. The van der Waals surface area contributed by atoms with Gasteiger partial charge in [0.05, 0.1) is 11.0 Å². The van der Waals surface area contributed by atoms with Crippen molar-refractivity contribution in [3.63, 3.8) is 0 Å². The number of esters is 3. The highest BCUT2D eigenvalue weighted by Crippen LogP contribution is 2.36. The minimum absolute atomic E-state index is 0.0149. The summed E-state index contributed by atoms with van der Waals surface area (Å²) in [5, 5.41) is 23.3. The van der Waals surface area contributed by atoms with Crippen molar-refractivity contribution in [3.8, 4) is 0 Å². The number of carbonyl (C=O) groups excluding carboxylic acids is 3. The summed E-state index contributed by atoms with van der Waals surface area (Å²) < 4.78 is 22.8. The van der Waals surface area contributed by atoms with Gasteiger partial charge < -0.3 is 24.2 Å². The Labute approximate surface area is 174 Å². The number of carbonyl (C=O) groups is 3. The van der Waals surface area contributed by atoms with Crippen LogP contribution in [0.1, 0.15) is 27.0 Å². The van der Waals surface area contributed by atoms with Gasteiger partial charge in [-0.3, -0.25) is 29.1 Å². The number of aromatic nitrogens is 3. The molecule has 0 N–H and O–H groups in total. The maximum absolute atomic E-state index is 12.1. The predicted octanol–water partition coefficient (Wildman–Crippen LogP) is -0.0982. The van der Waals surface area contributed by atoms with E-state index >= 15 is 0 Å². The molecule has 4 atom stereocenters. The summed E-state index contributed by atoms with van der Waals surface area (Å²) in [6.45, 7) is 3.11. The summed E-state index contributed by atoms with van der Waals surface area (Å²) in [6, 6.07) is 1.10. The molecule has 14 heteroatoms. The molecular weight excluding hydrogens is 420 g/mol. The number of rotatable bonds is 6. The van der Waals surface area contributed by atoms with Gasteiger partial charge in [0, 0.05) is 20.8 Å². The average Bonchev–Trinajstić information content (AvgIpc) is 3.21. The molecule has 0 radical (unpaired) electrons. The first-order valence-corrected chi connectivity index (χ1v) is 8.96. The third-order valence-electron chi connectivity index (χ3n) is 4.38. The Hall–Kier alpha value is -3.81. The maximum Gasteiger partial charge on any atom is 0.352 e. The fourth-order valence-corrected chi connectivity index (χ4v) is 3.25. The van der Waals surface area contributed by atoms with Crippen molar-refractivity contribution in [2.75, 3.05) is 6.61 Å². The number of hydrogen-bond acceptors (Lipinski definition) is 11. The average molecular weight is 438 g/mol. The topological polar surface area (TPSA) is 176 Å². The largest absolute Gasteiger partial charge is 0.710 e. The van der Waals surface area contributed by atoms with Gasteiger partial charge in [-0.2, -0.15) is 0 Å². The summed E-state index contributed by atoms with van der Waals surface area (Å²) in [5.41, 5.74) is -0.636. The lowest BCUT2D eigenvalue weighted by molar-refractivity contribution is -0.584. The highest BCUT2D eigenvalue weighted by Gasteiger charge is 2.51. The van der Waals surface area contributed by atoms with E-state index in [1.807, 2.05) is 0 Å². The normalized spacial score (nSPS) is 22.8. The molecule has 1 aliphatic heterocycles. The molecule has 166 valence electrons. The molecule has 0 unspecified atom stereocenters. The van der Waals surface area contributed by atoms with Crippen LogP contribution in [0.3, 0.4) is 0 Å². The van der Waals surface area contributed by atoms with E-state index in [0.29, 0.717) is 0 Å². The molecule has 3 rings (SSSR count). The lowest BCUT2D eigenvalue weighted by Crippen LogP contribution is -2.40. The standard InChI is InChI=1S/C17H18N4O10/c1-8(22)28-6-13-14(29-9(2)23)15(30-10(3)24)17(31-13)19-7-18-16-12(19)4-11(21(26)27)5-20(16)25/h4-5,7,13-15,17H,6H2,1-3H3/t13-,14-,15-,17-/m1/s1. The van der Waals surface area contributed by atoms with Crippen LogP contribution in [0.2, 0.25) is 0 Å². The Balaban J connectivity index is 2.08. The van der Waals surface area contributed by atoms with Gasteiger partial charge in [-0.05, 0) is 4.98 Å². The van der Waals surface area contributed by atoms with Crippen molar-refractivity contribution in [3.05, 3.63) is 33.9 Å². The zero-order valence-corrected chi connectivity index (χ0v) is 16.6. The third-order valence-corrected chi connectivity index (χ3v) is 4.38. The van der Waals surface area contributed by atoms with Gasteiger partial charge in [-0.15, -0.1) is 0 Å². The Kier molecular flexibility index (Phi) is 6.01. The number of hydrogen-bond donors (Lipinski definition) is 0. The van der Waals surface area contributed by atoms with Crippen molar-refractivity contribution in [2.24, 2.45) is 0 Å². The van der Waals surface area contributed by atoms with Crippen LogP contribution in [0.15, 0.2) is 18.6 Å². The zero-order valence-electron chi connectivity index (χ0n) is 16.6. The van der Waals surface area contributed by atoms with Gasteiger partial charge in [-0.25, -0.2) is 4.73 Å². The van der Waals surface area contributed by atoms with Crippen molar-refractivity contribution < 1.29 is 43.0 Å². The van der Waals surface area contributed by atoms with E-state index < -0.39 is 53.1 Å². The number of ether oxygens (including phenoxy) is 4. The Morgan fingerprint density at radius 3 is 2.42 bits per heavy atom. The number of nitro groups is 1. The fourth-order valence-electron chi connectivity index (χ4n) is 3.25. The SMILES string of the molecule is CC(=O)OC[C@H]1O[C@@H](n2cnc3c2cc([N+](=O)[O-])c[n+]3[O-])[C@H](OC(C)=O)[C@@H]1OC(C)=O. The summed E-state index contributed by atoms with van der Waals surface area (Å²) in [5.74, 6) is -2.05. The Morgan fingerprint density at radius 1 is 1.19 bits per heavy atom. The minimum Gasteiger partial charge on any atom is -0.710 e. The first kappa shape index (κ1) is 21.9. The molecule has 1 aliphatic rings. The number of fused-ring (bicyclic) bond motifs is 1. The van der Waals surface area contributed by atoms with E-state index in [0.717, 1.165) is 26.1 Å². The maximum atomic E-state index is 12.1. The molecular formula is C17H18N4O10. The Morgan fingerprint density at radius 2 is 1.84 bits per heavy atom. The van der Waals surface area contributed by atoms with Crippen molar-refractivity contribution >= 4 is 34.8 Å². The molecule has 31 heavy (non-hydrogen) atoms. The lowest BCUT2D eigenvalue weighted by Gasteiger charge is -2.23. The molecule has 0 aliphatic carbocycles. The van der Waals surface area contributed by atoms with Crippen LogP contribution in [-0.2, 0) is 33.3 Å². The first-order valence-electron chi connectivity index (χ1n) is 8.96. The molecule has 0 aromatic carbocycles. The van der Waals surface area contributed by atoms with E-state index in [1.165, 1.54) is 17.8 Å². The van der Waals surface area contributed by atoms with Crippen molar-refractivity contribution in [1.29, 1.82) is 0 Å². The fraction of sp³-hybridized carbons (Fsp3) is 0.471. The molecule has 3 heterocycles. The van der Waals surface area contributed by atoms with Gasteiger partial charge in [-0.1, -0.05) is 0 Å². The van der Waals surface area contributed by atoms with E-state index in [9.17, 15) is 29.7 Å². The van der Waals surface area contributed by atoms with Gasteiger partial charge in [0.2, 0.25) is 6.33 Å². The van der Waals surface area contributed by atoms with Gasteiger partial charge in [0.25, 0.3) is 0 Å². The summed E-state index contributed by atoms with van der Waals surface area (Å²) in [4.78, 5) is 48.9. The van der Waals surface area contributed by atoms with Crippen LogP contribution >= 0.6 is 0 Å². The molecule has 1 fully saturated rings. The van der Waals surface area contributed by atoms with E-state index in [4.69, 9.17) is 18.9 Å². The Bertz CT molecular complexity index is 1050. The number of nitrogens with zero attached hydrogens (tertiary/aromatic N) is 4. The van der Waals surface area contributed by atoms with Crippen LogP contribution in [0.25, 0.3) is 11.2 Å². The number of imidazole rings is 1. The molecule has 0 amide bonds. The van der Waals surface area contributed by atoms with E-state index in [2.05, 4.69) is 4.98 Å². The van der Waals surface area contributed by atoms with Crippen molar-refractivity contribution in [1.82, 2.24) is 9.55 Å². The molecule has 0 saturated carbocycles. The first-order chi connectivity index (χ1) is 14.6. The monoisotopic (exact) mass is 438 g/mol. The summed E-state index contributed by atoms with van der Waals surface area (Å²) >= 11 is 0. The highest BCUT2D eigenvalue weighted by atomic mass is 16.7. The number of pyridine rings is 1. The molecule has 1 saturated heterocycles. The van der Waals surface area contributed by atoms with Crippen LogP contribution in [0.5, 0.6) is 0 Å². The van der Waals surface area contributed by atoms with E-state index in [1.54, 1.807) is 0 Å². The summed E-state index contributed by atoms with van der Waals surface area (Å²) in [7, 11) is 0. The van der Waals surface area contributed by atoms with Crippen molar-refractivity contribution in [2.45, 2.75) is 45.3 Å². The smallest absolute Gasteiger partial charge is 0.352 e. The van der Waals surface area contributed by atoms with Crippen LogP contribution in [0, 0.1) is 15.3 Å². The van der Waals surface area contributed by atoms with Crippen LogP contribution < -0.4 is 4.73 Å². The summed E-state index contributed by atoms with van der Waals surface area (Å²) in [6.07, 6.45) is -2.69.